The standard InChI is InChI=1S/C34H53NO6/c1-20(36)39-22-18-31(8)24-11-10-23-28(3,4)25(35-38)12-15-33(23)19-34(24,33)17-16-30(31,7)27(22)32(9)14-13-26(41-32)29(5,6)40-21(2)37/h22-24,26-27,38H,10-19H2,1-9H3/b35-25+/t22-,23?,24?,26+,27?,30+,31-,32?,33+,34-/m0/s1. The molecule has 1 aliphatic heterocycles. The summed E-state index contributed by atoms with van der Waals surface area (Å²) < 4.78 is 18.9. The maximum atomic E-state index is 12.5. The summed E-state index contributed by atoms with van der Waals surface area (Å²) in [5, 5.41) is 13.6. The first kappa shape index (κ1) is 29.4. The molecule has 1 N–H and O–H groups in total. The van der Waals surface area contributed by atoms with Gasteiger partial charge in [0.25, 0.3) is 0 Å². The van der Waals surface area contributed by atoms with Crippen molar-refractivity contribution in [3.8, 4) is 0 Å². The van der Waals surface area contributed by atoms with Crippen molar-refractivity contribution in [1.29, 1.82) is 0 Å². The van der Waals surface area contributed by atoms with E-state index in [0.29, 0.717) is 22.7 Å². The summed E-state index contributed by atoms with van der Waals surface area (Å²) in [6.07, 6.45) is 10.1. The van der Waals surface area contributed by atoms with Crippen LogP contribution in [-0.4, -0.2) is 46.3 Å². The third-order valence-electron chi connectivity index (χ3n) is 14.4. The smallest absolute Gasteiger partial charge is 0.303 e. The SMILES string of the molecule is CC(=O)O[C@H]1C[C@@]2(C)C3CCC4C(C)(C)/C(=N/O)CC[C@@]45C[C@@]35CC[C@]2(C)C1C1(C)CC[C@H](C(C)(C)OC(C)=O)O1. The zero-order valence-corrected chi connectivity index (χ0v) is 26.9. The van der Waals surface area contributed by atoms with E-state index in [9.17, 15) is 14.8 Å². The Morgan fingerprint density at radius 3 is 2.20 bits per heavy atom. The lowest BCUT2D eigenvalue weighted by Crippen LogP contribution is -2.59. The van der Waals surface area contributed by atoms with Gasteiger partial charge in [0.1, 0.15) is 11.7 Å². The van der Waals surface area contributed by atoms with Crippen molar-refractivity contribution in [2.75, 3.05) is 0 Å². The highest BCUT2D eigenvalue weighted by atomic mass is 16.6. The van der Waals surface area contributed by atoms with Crippen molar-refractivity contribution in [3.63, 3.8) is 0 Å². The molecule has 0 aromatic rings. The Bertz CT molecular complexity index is 1180. The number of hydrogen-bond acceptors (Lipinski definition) is 7. The second-order valence-electron chi connectivity index (χ2n) is 16.8. The minimum atomic E-state index is -0.719. The van der Waals surface area contributed by atoms with Gasteiger partial charge in [-0.25, -0.2) is 0 Å². The normalized spacial score (nSPS) is 50.8. The third kappa shape index (κ3) is 3.68. The zero-order chi connectivity index (χ0) is 30.0. The van der Waals surface area contributed by atoms with Gasteiger partial charge in [-0.15, -0.1) is 0 Å². The predicted molar refractivity (Wildman–Crippen MR) is 155 cm³/mol. The molecular formula is C34H53NO6. The molecule has 0 bridgehead atoms. The van der Waals surface area contributed by atoms with Gasteiger partial charge in [0, 0.05) is 25.2 Å². The van der Waals surface area contributed by atoms with Crippen LogP contribution in [0.4, 0.5) is 0 Å². The molecule has 0 amide bonds. The van der Waals surface area contributed by atoms with Gasteiger partial charge in [-0.3, -0.25) is 9.59 Å². The summed E-state index contributed by atoms with van der Waals surface area (Å²) in [6.45, 7) is 18.7. The molecule has 0 radical (unpaired) electrons. The number of nitrogens with zero attached hydrogens (tertiary/aromatic N) is 1. The number of rotatable bonds is 4. The molecule has 10 atom stereocenters. The van der Waals surface area contributed by atoms with Crippen LogP contribution in [0.1, 0.15) is 127 Å². The number of esters is 2. The van der Waals surface area contributed by atoms with Crippen LogP contribution in [0.2, 0.25) is 0 Å². The van der Waals surface area contributed by atoms with Crippen LogP contribution in [-0.2, 0) is 23.8 Å². The Hall–Kier alpha value is -1.63. The highest BCUT2D eigenvalue weighted by Crippen LogP contribution is 2.89. The third-order valence-corrected chi connectivity index (χ3v) is 14.4. The molecule has 6 fully saturated rings. The largest absolute Gasteiger partial charge is 0.462 e. The van der Waals surface area contributed by atoms with Crippen LogP contribution in [0.5, 0.6) is 0 Å². The number of carbonyl (C=O) groups is 2. The Labute approximate surface area is 246 Å². The fourth-order valence-corrected chi connectivity index (χ4v) is 12.8. The van der Waals surface area contributed by atoms with E-state index in [4.69, 9.17) is 14.2 Å². The molecule has 2 spiro atoms. The topological polar surface area (TPSA) is 94.4 Å². The van der Waals surface area contributed by atoms with E-state index in [2.05, 4.69) is 39.8 Å². The molecule has 5 saturated carbocycles. The van der Waals surface area contributed by atoms with Gasteiger partial charge < -0.3 is 19.4 Å². The maximum Gasteiger partial charge on any atom is 0.303 e. The number of oxime groups is 1. The summed E-state index contributed by atoms with van der Waals surface area (Å²) >= 11 is 0. The second-order valence-corrected chi connectivity index (χ2v) is 16.8. The molecule has 6 aliphatic rings. The predicted octanol–water partition coefficient (Wildman–Crippen LogP) is 7.08. The fraction of sp³-hybridized carbons (Fsp3) is 0.912. The first-order valence-corrected chi connectivity index (χ1v) is 16.2. The van der Waals surface area contributed by atoms with Crippen LogP contribution in [0, 0.1) is 44.8 Å². The van der Waals surface area contributed by atoms with Gasteiger partial charge in [0.05, 0.1) is 17.4 Å². The zero-order valence-electron chi connectivity index (χ0n) is 26.9. The summed E-state index contributed by atoms with van der Waals surface area (Å²) in [4.78, 5) is 24.4. The molecule has 7 nitrogen and oxygen atoms in total. The van der Waals surface area contributed by atoms with Crippen molar-refractivity contribution in [1.82, 2.24) is 0 Å². The van der Waals surface area contributed by atoms with Crippen molar-refractivity contribution in [3.05, 3.63) is 0 Å². The van der Waals surface area contributed by atoms with E-state index in [-0.39, 0.29) is 46.3 Å². The lowest BCUT2D eigenvalue weighted by atomic mass is 9.41. The lowest BCUT2D eigenvalue weighted by Gasteiger charge is -2.63. The van der Waals surface area contributed by atoms with Crippen LogP contribution >= 0.6 is 0 Å². The summed E-state index contributed by atoms with van der Waals surface area (Å²) in [6, 6.07) is 0. The van der Waals surface area contributed by atoms with Gasteiger partial charge in [-0.2, -0.15) is 0 Å². The van der Waals surface area contributed by atoms with E-state index in [1.54, 1.807) is 6.92 Å². The van der Waals surface area contributed by atoms with Crippen molar-refractivity contribution >= 4 is 17.7 Å². The Morgan fingerprint density at radius 1 is 0.902 bits per heavy atom. The molecule has 5 aliphatic carbocycles. The second kappa shape index (κ2) is 8.72. The molecular weight excluding hydrogens is 518 g/mol. The summed E-state index contributed by atoms with van der Waals surface area (Å²) in [5.74, 6) is 0.702. The van der Waals surface area contributed by atoms with Crippen molar-refractivity contribution in [2.45, 2.75) is 150 Å². The highest BCUT2D eigenvalue weighted by molar-refractivity contribution is 5.90. The van der Waals surface area contributed by atoms with E-state index >= 15 is 0 Å². The molecule has 0 aromatic carbocycles. The average Bonchev–Trinajstić information content (AvgIpc) is 3.22. The molecule has 6 rings (SSSR count). The molecule has 7 heteroatoms. The summed E-state index contributed by atoms with van der Waals surface area (Å²) in [7, 11) is 0. The van der Waals surface area contributed by atoms with E-state index in [1.165, 1.54) is 32.6 Å². The molecule has 1 heterocycles. The number of hydrogen-bond donors (Lipinski definition) is 1. The molecule has 1 saturated heterocycles. The Morgan fingerprint density at radius 2 is 1.56 bits per heavy atom. The monoisotopic (exact) mass is 571 g/mol. The van der Waals surface area contributed by atoms with Gasteiger partial charge in [0.15, 0.2) is 0 Å². The lowest BCUT2D eigenvalue weighted by molar-refractivity contribution is -0.203. The molecule has 4 unspecified atom stereocenters. The van der Waals surface area contributed by atoms with Gasteiger partial charge >= 0.3 is 11.9 Å². The first-order chi connectivity index (χ1) is 18.9. The number of fused-ring (bicyclic) bond motifs is 2. The number of carbonyl (C=O) groups excluding carboxylic acids is 2. The molecule has 230 valence electrons. The van der Waals surface area contributed by atoms with Crippen LogP contribution in [0.25, 0.3) is 0 Å². The van der Waals surface area contributed by atoms with Crippen LogP contribution < -0.4 is 0 Å². The maximum absolute atomic E-state index is 12.5. The molecule has 41 heavy (non-hydrogen) atoms. The van der Waals surface area contributed by atoms with Gasteiger partial charge in [-0.1, -0.05) is 32.9 Å². The highest BCUT2D eigenvalue weighted by Gasteiger charge is 2.83. The van der Waals surface area contributed by atoms with Gasteiger partial charge in [-0.05, 0) is 118 Å². The molecule has 0 aromatic heterocycles. The minimum absolute atomic E-state index is 0.0237. The minimum Gasteiger partial charge on any atom is -0.462 e. The Balaban J connectivity index is 1.35. The van der Waals surface area contributed by atoms with Crippen molar-refractivity contribution < 1.29 is 29.0 Å². The van der Waals surface area contributed by atoms with E-state index in [1.807, 2.05) is 13.8 Å². The van der Waals surface area contributed by atoms with Gasteiger partial charge in [0.2, 0.25) is 0 Å². The van der Waals surface area contributed by atoms with E-state index < -0.39 is 11.2 Å². The van der Waals surface area contributed by atoms with Crippen LogP contribution in [0.3, 0.4) is 0 Å². The average molecular weight is 572 g/mol. The van der Waals surface area contributed by atoms with E-state index in [0.717, 1.165) is 44.2 Å². The van der Waals surface area contributed by atoms with Crippen LogP contribution in [0.15, 0.2) is 5.16 Å². The Kier molecular flexibility index (Phi) is 6.27. The van der Waals surface area contributed by atoms with Crippen molar-refractivity contribution in [2.24, 2.45) is 50.0 Å². The number of ether oxygens (including phenoxy) is 3. The summed E-state index contributed by atoms with van der Waals surface area (Å²) in [5.41, 5.74) is 0.354. The first-order valence-electron chi connectivity index (χ1n) is 16.2. The quantitative estimate of drug-likeness (QED) is 0.220. The fourth-order valence-electron chi connectivity index (χ4n) is 12.8.